The summed E-state index contributed by atoms with van der Waals surface area (Å²) in [5.41, 5.74) is 8.80. The van der Waals surface area contributed by atoms with E-state index in [2.05, 4.69) is 0 Å². The molecule has 138 valence electrons. The average molecular weight is 379 g/mol. The molecule has 27 heavy (non-hydrogen) atoms. The first-order valence-corrected chi connectivity index (χ1v) is 9.55. The number of aromatic hydroxyl groups is 1. The van der Waals surface area contributed by atoms with Gasteiger partial charge in [-0.05, 0) is 28.8 Å². The lowest BCUT2D eigenvalue weighted by Gasteiger charge is -2.36. The standard InChI is InChI=1S/C22H21NO3S/c23-20(21(25)26)15-27-22(16-7-3-1-4-8-16,17-9-5-2-6-10-17)18-11-13-19(24)14-12-18/h1-14,20,24H,15,23H2,(H,25,26)/t20-/m0/s1. The van der Waals surface area contributed by atoms with Crippen molar-refractivity contribution in [2.45, 2.75) is 10.8 Å². The lowest BCUT2D eigenvalue weighted by atomic mass is 9.84. The summed E-state index contributed by atoms with van der Waals surface area (Å²) in [7, 11) is 0. The number of aliphatic carboxylic acids is 1. The Morgan fingerprint density at radius 3 is 1.74 bits per heavy atom. The summed E-state index contributed by atoms with van der Waals surface area (Å²) >= 11 is 1.48. The minimum absolute atomic E-state index is 0.181. The van der Waals surface area contributed by atoms with E-state index in [0.29, 0.717) is 0 Å². The van der Waals surface area contributed by atoms with Crippen molar-refractivity contribution in [3.8, 4) is 5.75 Å². The average Bonchev–Trinajstić information content (AvgIpc) is 2.71. The molecule has 0 amide bonds. The van der Waals surface area contributed by atoms with Crippen molar-refractivity contribution < 1.29 is 15.0 Å². The van der Waals surface area contributed by atoms with Crippen molar-refractivity contribution in [1.82, 2.24) is 0 Å². The van der Waals surface area contributed by atoms with Crippen LogP contribution in [0.25, 0.3) is 0 Å². The first-order chi connectivity index (χ1) is 13.0. The van der Waals surface area contributed by atoms with Crippen LogP contribution in [0.4, 0.5) is 0 Å². The molecule has 4 nitrogen and oxygen atoms in total. The van der Waals surface area contributed by atoms with Crippen molar-refractivity contribution in [2.24, 2.45) is 5.73 Å². The molecular weight excluding hydrogens is 358 g/mol. The topological polar surface area (TPSA) is 83.5 Å². The van der Waals surface area contributed by atoms with Crippen LogP contribution in [0.2, 0.25) is 0 Å². The lowest BCUT2D eigenvalue weighted by molar-refractivity contribution is -0.137. The van der Waals surface area contributed by atoms with Gasteiger partial charge in [0.15, 0.2) is 0 Å². The first-order valence-electron chi connectivity index (χ1n) is 8.57. The number of nitrogens with two attached hydrogens (primary N) is 1. The number of carboxylic acid groups (broad SMARTS) is 1. The largest absolute Gasteiger partial charge is 0.508 e. The van der Waals surface area contributed by atoms with Gasteiger partial charge in [-0.3, -0.25) is 4.79 Å². The van der Waals surface area contributed by atoms with Gasteiger partial charge in [0, 0.05) is 5.75 Å². The molecule has 0 saturated carbocycles. The van der Waals surface area contributed by atoms with E-state index in [9.17, 15) is 15.0 Å². The zero-order valence-corrected chi connectivity index (χ0v) is 15.5. The quantitative estimate of drug-likeness (QED) is 0.544. The van der Waals surface area contributed by atoms with E-state index in [1.165, 1.54) is 11.8 Å². The van der Waals surface area contributed by atoms with Gasteiger partial charge in [-0.25, -0.2) is 0 Å². The number of thioether (sulfide) groups is 1. The van der Waals surface area contributed by atoms with Gasteiger partial charge >= 0.3 is 5.97 Å². The smallest absolute Gasteiger partial charge is 0.321 e. The van der Waals surface area contributed by atoms with Crippen molar-refractivity contribution in [1.29, 1.82) is 0 Å². The van der Waals surface area contributed by atoms with Crippen LogP contribution >= 0.6 is 11.8 Å². The van der Waals surface area contributed by atoms with E-state index in [4.69, 9.17) is 5.73 Å². The van der Waals surface area contributed by atoms with Crippen LogP contribution in [-0.4, -0.2) is 28.0 Å². The van der Waals surface area contributed by atoms with Gasteiger partial charge < -0.3 is 15.9 Å². The molecule has 3 aromatic rings. The van der Waals surface area contributed by atoms with Gasteiger partial charge in [0.2, 0.25) is 0 Å². The summed E-state index contributed by atoms with van der Waals surface area (Å²) in [5.74, 6) is -0.607. The summed E-state index contributed by atoms with van der Waals surface area (Å²) in [4.78, 5) is 11.3. The fourth-order valence-corrected chi connectivity index (χ4v) is 4.56. The molecule has 0 radical (unpaired) electrons. The van der Waals surface area contributed by atoms with Crippen LogP contribution in [-0.2, 0) is 9.54 Å². The van der Waals surface area contributed by atoms with Gasteiger partial charge in [0.1, 0.15) is 11.8 Å². The van der Waals surface area contributed by atoms with Crippen LogP contribution in [0.1, 0.15) is 16.7 Å². The van der Waals surface area contributed by atoms with Crippen molar-refractivity contribution in [2.75, 3.05) is 5.75 Å². The SMILES string of the molecule is N[C@@H](CSC(c1ccccc1)(c1ccccc1)c1ccc(O)cc1)C(=O)O. The third-order valence-corrected chi connectivity index (χ3v) is 6.10. The van der Waals surface area contributed by atoms with Crippen LogP contribution in [0.5, 0.6) is 5.75 Å². The minimum atomic E-state index is -1.02. The number of carboxylic acids is 1. The van der Waals surface area contributed by atoms with Crippen molar-refractivity contribution >= 4 is 17.7 Å². The number of rotatable bonds is 7. The van der Waals surface area contributed by atoms with Gasteiger partial charge in [-0.2, -0.15) is 0 Å². The highest BCUT2D eigenvalue weighted by Crippen LogP contribution is 2.48. The van der Waals surface area contributed by atoms with Crippen LogP contribution < -0.4 is 5.73 Å². The van der Waals surface area contributed by atoms with Gasteiger partial charge in [-0.15, -0.1) is 11.8 Å². The maximum Gasteiger partial charge on any atom is 0.321 e. The molecule has 0 aliphatic rings. The molecule has 3 rings (SSSR count). The minimum Gasteiger partial charge on any atom is -0.508 e. The number of hydrogen-bond donors (Lipinski definition) is 3. The second kappa shape index (κ2) is 8.29. The molecule has 0 fully saturated rings. The third-order valence-electron chi connectivity index (χ3n) is 4.43. The maximum absolute atomic E-state index is 11.3. The highest BCUT2D eigenvalue weighted by Gasteiger charge is 2.37. The molecule has 4 N–H and O–H groups in total. The van der Waals surface area contributed by atoms with E-state index in [-0.39, 0.29) is 11.5 Å². The summed E-state index contributed by atoms with van der Waals surface area (Å²) in [6.07, 6.45) is 0. The Balaban J connectivity index is 2.21. The highest BCUT2D eigenvalue weighted by atomic mass is 32.2. The molecule has 0 unspecified atom stereocenters. The van der Waals surface area contributed by atoms with Crippen molar-refractivity contribution in [3.05, 3.63) is 102 Å². The Kier molecular flexibility index (Phi) is 5.84. The zero-order chi connectivity index (χ0) is 19.3. The van der Waals surface area contributed by atoms with E-state index in [0.717, 1.165) is 16.7 Å². The Labute approximate surface area is 162 Å². The number of carbonyl (C=O) groups is 1. The predicted molar refractivity (Wildman–Crippen MR) is 109 cm³/mol. The monoisotopic (exact) mass is 379 g/mol. The van der Waals surface area contributed by atoms with Crippen LogP contribution in [0.3, 0.4) is 0 Å². The summed E-state index contributed by atoms with van der Waals surface area (Å²) in [6.45, 7) is 0. The third kappa shape index (κ3) is 3.99. The van der Waals surface area contributed by atoms with E-state index in [1.807, 2.05) is 72.8 Å². The molecule has 0 bridgehead atoms. The molecule has 1 atom stereocenters. The fourth-order valence-electron chi connectivity index (χ4n) is 3.08. The predicted octanol–water partition coefficient (Wildman–Crippen LogP) is 3.83. The summed E-state index contributed by atoms with van der Waals surface area (Å²) in [5, 5.41) is 19.0. The highest BCUT2D eigenvalue weighted by molar-refractivity contribution is 8.00. The van der Waals surface area contributed by atoms with Crippen LogP contribution in [0.15, 0.2) is 84.9 Å². The van der Waals surface area contributed by atoms with Gasteiger partial charge in [0.25, 0.3) is 0 Å². The van der Waals surface area contributed by atoms with Gasteiger partial charge in [-0.1, -0.05) is 72.8 Å². The molecule has 5 heteroatoms. The second-order valence-corrected chi connectivity index (χ2v) is 7.45. The zero-order valence-electron chi connectivity index (χ0n) is 14.7. The van der Waals surface area contributed by atoms with Crippen molar-refractivity contribution in [3.63, 3.8) is 0 Å². The molecule has 0 spiro atoms. The molecule has 0 aliphatic carbocycles. The number of benzene rings is 3. The van der Waals surface area contributed by atoms with Crippen LogP contribution in [0, 0.1) is 0 Å². The Morgan fingerprint density at radius 1 is 0.852 bits per heavy atom. The Hall–Kier alpha value is -2.76. The Bertz CT molecular complexity index is 843. The molecule has 0 aliphatic heterocycles. The maximum atomic E-state index is 11.3. The Morgan fingerprint density at radius 2 is 1.30 bits per heavy atom. The molecule has 0 aromatic heterocycles. The second-order valence-electron chi connectivity index (χ2n) is 6.22. The molecule has 3 aromatic carbocycles. The molecule has 0 saturated heterocycles. The van der Waals surface area contributed by atoms with E-state index >= 15 is 0 Å². The number of hydrogen-bond acceptors (Lipinski definition) is 4. The first kappa shape index (κ1) is 19.0. The number of phenols is 1. The summed E-state index contributed by atoms with van der Waals surface area (Å²) < 4.78 is -0.650. The van der Waals surface area contributed by atoms with Gasteiger partial charge in [0.05, 0.1) is 4.75 Å². The fraction of sp³-hybridized carbons (Fsp3) is 0.136. The summed E-state index contributed by atoms with van der Waals surface area (Å²) in [6, 6.07) is 25.9. The van der Waals surface area contributed by atoms with E-state index < -0.39 is 16.8 Å². The number of phenolic OH excluding ortho intramolecular Hbond substituents is 1. The lowest BCUT2D eigenvalue weighted by Crippen LogP contribution is -2.36. The van der Waals surface area contributed by atoms with E-state index in [1.54, 1.807) is 12.1 Å². The molecular formula is C22H21NO3S. The normalized spacial score (nSPS) is 12.5. The molecule has 0 heterocycles.